The smallest absolute Gasteiger partial charge is 0.0945 e. The molecule has 0 bridgehead atoms. The fraction of sp³-hybridized carbons (Fsp3) is 0.417. The summed E-state index contributed by atoms with van der Waals surface area (Å²) in [4.78, 5) is 5.32. The van der Waals surface area contributed by atoms with Crippen LogP contribution < -0.4 is 0 Å². The summed E-state index contributed by atoms with van der Waals surface area (Å²) >= 11 is 1.78. The summed E-state index contributed by atoms with van der Waals surface area (Å²) in [5.74, 6) is 0. The third kappa shape index (κ3) is 5.37. The predicted molar refractivity (Wildman–Crippen MR) is 66.2 cm³/mol. The minimum atomic E-state index is 1.11. The maximum absolute atomic E-state index is 3.94. The fourth-order valence-electron chi connectivity index (χ4n) is 1.12. The molecule has 2 heterocycles. The van der Waals surface area contributed by atoms with Crippen LogP contribution in [-0.4, -0.2) is 9.55 Å². The van der Waals surface area contributed by atoms with Gasteiger partial charge in [-0.25, -0.2) is 4.98 Å². The number of thiophene rings is 1. The van der Waals surface area contributed by atoms with Crippen molar-refractivity contribution in [2.45, 2.75) is 33.2 Å². The Morgan fingerprint density at radius 3 is 2.73 bits per heavy atom. The van der Waals surface area contributed by atoms with E-state index in [1.165, 1.54) is 17.7 Å². The monoisotopic (exact) mass is 222 g/mol. The van der Waals surface area contributed by atoms with Crippen LogP contribution in [0.5, 0.6) is 0 Å². The zero-order chi connectivity index (χ0) is 10.9. The zero-order valence-corrected chi connectivity index (χ0v) is 10.2. The Balaban J connectivity index is 0.000000162. The third-order valence-corrected chi connectivity index (χ3v) is 2.79. The lowest BCUT2D eigenvalue weighted by atomic mass is 10.3. The highest BCUT2D eigenvalue weighted by Gasteiger charge is 1.85. The van der Waals surface area contributed by atoms with Gasteiger partial charge in [0.25, 0.3) is 0 Å². The number of hydrogen-bond acceptors (Lipinski definition) is 2. The van der Waals surface area contributed by atoms with E-state index >= 15 is 0 Å². The summed E-state index contributed by atoms with van der Waals surface area (Å²) in [5, 5.41) is 2.08. The molecule has 2 nitrogen and oxygen atoms in total. The van der Waals surface area contributed by atoms with E-state index in [9.17, 15) is 0 Å². The van der Waals surface area contributed by atoms with E-state index < -0.39 is 0 Å². The number of rotatable bonds is 3. The van der Waals surface area contributed by atoms with Crippen molar-refractivity contribution in [2.24, 2.45) is 0 Å². The molecule has 2 aromatic heterocycles. The van der Waals surface area contributed by atoms with E-state index in [1.54, 1.807) is 11.3 Å². The van der Waals surface area contributed by atoms with Crippen LogP contribution in [0, 0.1) is 6.92 Å². The molecule has 0 spiro atoms. The van der Waals surface area contributed by atoms with Crippen molar-refractivity contribution in [3.8, 4) is 0 Å². The van der Waals surface area contributed by atoms with Crippen LogP contribution in [0.25, 0.3) is 0 Å². The molecule has 0 atom stereocenters. The highest BCUT2D eigenvalue weighted by Crippen LogP contribution is 2.03. The predicted octanol–water partition coefficient (Wildman–Crippen LogP) is 3.74. The molecule has 0 unspecified atom stereocenters. The first-order valence-electron chi connectivity index (χ1n) is 5.28. The van der Waals surface area contributed by atoms with Gasteiger partial charge in [0.05, 0.1) is 6.33 Å². The molecular weight excluding hydrogens is 204 g/mol. The van der Waals surface area contributed by atoms with Crippen LogP contribution >= 0.6 is 11.3 Å². The van der Waals surface area contributed by atoms with Crippen molar-refractivity contribution in [3.05, 3.63) is 41.1 Å². The van der Waals surface area contributed by atoms with Gasteiger partial charge in [-0.1, -0.05) is 19.4 Å². The van der Waals surface area contributed by atoms with Crippen LogP contribution in [0.3, 0.4) is 0 Å². The van der Waals surface area contributed by atoms with Crippen LogP contribution in [0.15, 0.2) is 36.2 Å². The molecule has 15 heavy (non-hydrogen) atoms. The van der Waals surface area contributed by atoms with E-state index in [0.717, 1.165) is 6.54 Å². The molecule has 0 aliphatic carbocycles. The Kier molecular flexibility index (Phi) is 5.78. The summed E-state index contributed by atoms with van der Waals surface area (Å²) in [6, 6.07) is 4.16. The van der Waals surface area contributed by atoms with Gasteiger partial charge in [0, 0.05) is 23.8 Å². The normalized spacial score (nSPS) is 9.47. The van der Waals surface area contributed by atoms with Gasteiger partial charge in [-0.05, 0) is 24.8 Å². The van der Waals surface area contributed by atoms with E-state index in [2.05, 4.69) is 40.9 Å². The first-order valence-corrected chi connectivity index (χ1v) is 6.16. The van der Waals surface area contributed by atoms with Crippen LogP contribution in [-0.2, 0) is 6.54 Å². The number of unbranched alkanes of at least 4 members (excludes halogenated alkanes) is 1. The number of aromatic nitrogens is 2. The molecule has 3 heteroatoms. The zero-order valence-electron chi connectivity index (χ0n) is 9.39. The molecular formula is C12H18N2S. The molecule has 0 aromatic carbocycles. The molecule has 0 aliphatic heterocycles. The molecule has 0 radical (unpaired) electrons. The highest BCUT2D eigenvalue weighted by molar-refractivity contribution is 7.09. The second-order valence-electron chi connectivity index (χ2n) is 3.38. The van der Waals surface area contributed by atoms with E-state index in [4.69, 9.17) is 0 Å². The van der Waals surface area contributed by atoms with Crippen molar-refractivity contribution in [2.75, 3.05) is 0 Å². The number of aryl methyl sites for hydroxylation is 2. The lowest BCUT2D eigenvalue weighted by molar-refractivity contribution is 0.631. The lowest BCUT2D eigenvalue weighted by Crippen LogP contribution is -1.92. The Morgan fingerprint density at radius 1 is 1.47 bits per heavy atom. The number of nitrogens with zero attached hydrogens (tertiary/aromatic N) is 2. The van der Waals surface area contributed by atoms with Gasteiger partial charge in [0.2, 0.25) is 0 Å². The summed E-state index contributed by atoms with van der Waals surface area (Å²) in [5.41, 5.74) is 0. The van der Waals surface area contributed by atoms with E-state index in [-0.39, 0.29) is 0 Å². The molecule has 0 fully saturated rings. The molecule has 0 saturated heterocycles. The van der Waals surface area contributed by atoms with Gasteiger partial charge in [0.1, 0.15) is 0 Å². The standard InChI is InChI=1S/C7H12N2.C5H6S/c1-2-3-5-9-6-4-8-7-9;1-5-3-2-4-6-5/h4,6-7H,2-3,5H2,1H3;2-4H,1H3. The van der Waals surface area contributed by atoms with Crippen molar-refractivity contribution in [3.63, 3.8) is 0 Å². The second kappa shape index (κ2) is 7.23. The number of imidazole rings is 1. The lowest BCUT2D eigenvalue weighted by Gasteiger charge is -1.96. The van der Waals surface area contributed by atoms with E-state index in [0.29, 0.717) is 0 Å². The average molecular weight is 222 g/mol. The minimum Gasteiger partial charge on any atom is -0.337 e. The van der Waals surface area contributed by atoms with Crippen LogP contribution in [0.2, 0.25) is 0 Å². The molecule has 2 aromatic rings. The summed E-state index contributed by atoms with van der Waals surface area (Å²) in [6.07, 6.45) is 8.16. The van der Waals surface area contributed by atoms with Crippen molar-refractivity contribution in [1.29, 1.82) is 0 Å². The van der Waals surface area contributed by atoms with Gasteiger partial charge in [-0.15, -0.1) is 11.3 Å². The molecule has 2 rings (SSSR count). The maximum atomic E-state index is 3.94. The molecule has 82 valence electrons. The van der Waals surface area contributed by atoms with E-state index in [1.807, 2.05) is 18.7 Å². The van der Waals surface area contributed by atoms with Crippen molar-refractivity contribution in [1.82, 2.24) is 9.55 Å². The molecule has 0 N–H and O–H groups in total. The summed E-state index contributed by atoms with van der Waals surface area (Å²) in [7, 11) is 0. The minimum absolute atomic E-state index is 1.11. The first kappa shape index (κ1) is 12.0. The first-order chi connectivity index (χ1) is 7.33. The SMILES string of the molecule is CCCCn1ccnc1.Cc1cccs1. The summed E-state index contributed by atoms with van der Waals surface area (Å²) < 4.78 is 2.10. The number of hydrogen-bond donors (Lipinski definition) is 0. The maximum Gasteiger partial charge on any atom is 0.0945 e. The van der Waals surface area contributed by atoms with Gasteiger partial charge in [-0.3, -0.25) is 0 Å². The molecule has 0 saturated carbocycles. The fourth-order valence-corrected chi connectivity index (χ4v) is 1.65. The van der Waals surface area contributed by atoms with Gasteiger partial charge in [0.15, 0.2) is 0 Å². The average Bonchev–Trinajstić information content (AvgIpc) is 2.88. The third-order valence-electron chi connectivity index (χ3n) is 1.99. The molecule has 0 aliphatic rings. The van der Waals surface area contributed by atoms with Gasteiger partial charge < -0.3 is 4.57 Å². The van der Waals surface area contributed by atoms with Gasteiger partial charge in [-0.2, -0.15) is 0 Å². The van der Waals surface area contributed by atoms with Crippen molar-refractivity contribution >= 4 is 11.3 Å². The topological polar surface area (TPSA) is 17.8 Å². The van der Waals surface area contributed by atoms with Crippen molar-refractivity contribution < 1.29 is 0 Å². The quantitative estimate of drug-likeness (QED) is 0.773. The van der Waals surface area contributed by atoms with Gasteiger partial charge >= 0.3 is 0 Å². The largest absolute Gasteiger partial charge is 0.337 e. The summed E-state index contributed by atoms with van der Waals surface area (Å²) in [6.45, 7) is 5.40. The highest BCUT2D eigenvalue weighted by atomic mass is 32.1. The Hall–Kier alpha value is -1.09. The second-order valence-corrected chi connectivity index (χ2v) is 4.53. The Labute approximate surface area is 95.6 Å². The van der Waals surface area contributed by atoms with Crippen LogP contribution in [0.4, 0.5) is 0 Å². The Bertz CT molecular complexity index is 324. The Morgan fingerprint density at radius 2 is 2.33 bits per heavy atom. The molecule has 0 amide bonds. The van der Waals surface area contributed by atoms with Crippen LogP contribution in [0.1, 0.15) is 24.6 Å².